The van der Waals surface area contributed by atoms with Crippen molar-refractivity contribution < 1.29 is 56.9 Å². The van der Waals surface area contributed by atoms with Gasteiger partial charge in [0.25, 0.3) is 5.91 Å². The van der Waals surface area contributed by atoms with Gasteiger partial charge in [-0.15, -0.1) is 23.1 Å². The van der Waals surface area contributed by atoms with Gasteiger partial charge in [0.2, 0.25) is 5.91 Å². The number of anilines is 1. The normalized spacial score (nSPS) is 17.6. The maximum absolute atomic E-state index is 13.9. The third-order valence-electron chi connectivity index (χ3n) is 12.4. The van der Waals surface area contributed by atoms with E-state index < -0.39 is 40.5 Å². The van der Waals surface area contributed by atoms with Crippen LogP contribution in [0.5, 0.6) is 23.0 Å². The Bertz CT molecular complexity index is 2640. The number of carbonyl (C=O) groups excluding carboxylic acids is 5. The first kappa shape index (κ1) is 50.8. The first-order valence-corrected chi connectivity index (χ1v) is 24.4. The summed E-state index contributed by atoms with van der Waals surface area (Å²) in [6.07, 6.45) is 1.56. The molecule has 17 nitrogen and oxygen atoms in total. The molecule has 3 N–H and O–H groups in total. The maximum Gasteiger partial charge on any atom is 0.378 e. The monoisotopic (exact) mass is 999 g/mol. The highest BCUT2D eigenvalue weighted by Crippen LogP contribution is 2.46. The number of fused-ring (bicyclic) bond motifs is 1. The minimum atomic E-state index is -1.33. The SMILES string of the molecule is [B]OC(=O)C1=C(C[N+]2(CCNC(=O)c3ccc(OCc4ccc(OC)cc4)c(OCc4ccc(OC)cc4)c3Cl)CCCC2)CS[C@@H]2[C@H](CC(=O)/C(=N\OC(C)(C)C(C)=O)c3csc(N)n3)C(=O)N12. The molecule has 2 amide bonds. The Labute approximate surface area is 414 Å². The van der Waals surface area contributed by atoms with Gasteiger partial charge in [-0.3, -0.25) is 24.1 Å². The standard InChI is InChI=1S/C48H52BClN6O11S2/c1-28(57)48(2,3)67-54-40(36-27-69-47(51)53-36)37(58)22-35-44(60)55-41(46(61)66-49)31(26-68-45(35)55)23-56(19-6-7-20-56)21-18-52-43(59)34-16-17-38(64-24-29-8-12-32(62-4)13-9-29)42(39(34)50)65-25-30-10-14-33(63-5)15-11-30/h8-17,27,35,45H,6-7,18-26H2,1-5H3,(H2-,51,52,53,59)/p+1/b54-40-/t35-,45-/m1/s1. The van der Waals surface area contributed by atoms with E-state index in [2.05, 4.69) is 15.5 Å². The van der Waals surface area contributed by atoms with Crippen LogP contribution in [0.4, 0.5) is 5.13 Å². The lowest BCUT2D eigenvalue weighted by molar-refractivity contribution is -0.911. The molecule has 0 saturated carbocycles. The minimum absolute atomic E-state index is 0.0549. The van der Waals surface area contributed by atoms with Crippen molar-refractivity contribution in [3.8, 4) is 23.0 Å². The molecular weight excluding hydrogens is 947 g/mol. The van der Waals surface area contributed by atoms with E-state index in [9.17, 15) is 24.0 Å². The molecular formula is C48H53BClN6O11S2+. The first-order valence-electron chi connectivity index (χ1n) is 22.1. The number of rotatable bonds is 22. The van der Waals surface area contributed by atoms with Crippen molar-refractivity contribution in [2.45, 2.75) is 64.2 Å². The third-order valence-corrected chi connectivity index (χ3v) is 14.9. The van der Waals surface area contributed by atoms with Crippen molar-refractivity contribution in [1.29, 1.82) is 0 Å². The molecule has 7 rings (SSSR count). The number of Topliss-reactive ketones (excluding diaryl/α,β-unsaturated/α-hetero) is 2. The summed E-state index contributed by atoms with van der Waals surface area (Å²) in [6, 6.07) is 18.1. The Morgan fingerprint density at radius 1 is 0.971 bits per heavy atom. The molecule has 2 fully saturated rings. The van der Waals surface area contributed by atoms with Gasteiger partial charge in [0.15, 0.2) is 39.5 Å². The summed E-state index contributed by atoms with van der Waals surface area (Å²) in [5, 5.41) is 8.32. The second kappa shape index (κ2) is 22.1. The lowest BCUT2D eigenvalue weighted by Crippen LogP contribution is -2.63. The van der Waals surface area contributed by atoms with Crippen molar-refractivity contribution in [3.63, 3.8) is 0 Å². The van der Waals surface area contributed by atoms with E-state index >= 15 is 0 Å². The van der Waals surface area contributed by atoms with Gasteiger partial charge in [0.1, 0.15) is 42.6 Å². The number of benzene rings is 3. The van der Waals surface area contributed by atoms with Crippen molar-refractivity contribution in [2.75, 3.05) is 58.4 Å². The van der Waals surface area contributed by atoms with Gasteiger partial charge >= 0.3 is 14.0 Å². The summed E-state index contributed by atoms with van der Waals surface area (Å²) >= 11 is 9.51. The molecule has 0 spiro atoms. The number of quaternary nitrogens is 1. The highest BCUT2D eigenvalue weighted by atomic mass is 35.5. The predicted molar refractivity (Wildman–Crippen MR) is 261 cm³/mol. The summed E-state index contributed by atoms with van der Waals surface area (Å²) in [6.45, 7) is 7.41. The number of methoxy groups -OCH3 is 2. The molecule has 69 heavy (non-hydrogen) atoms. The van der Waals surface area contributed by atoms with Gasteiger partial charge in [-0.25, -0.2) is 9.78 Å². The van der Waals surface area contributed by atoms with Crippen LogP contribution >= 0.6 is 34.7 Å². The number of likely N-dealkylation sites (tertiary alicyclic amines) is 1. The number of thiazole rings is 1. The van der Waals surface area contributed by atoms with Crippen molar-refractivity contribution >= 4 is 82.9 Å². The number of aromatic nitrogens is 1. The van der Waals surface area contributed by atoms with Gasteiger partial charge in [0, 0.05) is 36.0 Å². The molecule has 3 aliphatic rings. The van der Waals surface area contributed by atoms with Crippen LogP contribution in [0, 0.1) is 5.92 Å². The number of ether oxygens (including phenoxy) is 4. The average molecular weight is 1000 g/mol. The zero-order valence-electron chi connectivity index (χ0n) is 38.9. The van der Waals surface area contributed by atoms with E-state index in [0.717, 1.165) is 48.4 Å². The molecule has 0 aliphatic carbocycles. The van der Waals surface area contributed by atoms with Crippen molar-refractivity contribution in [1.82, 2.24) is 15.2 Å². The number of nitrogen functional groups attached to an aromatic ring is 1. The molecule has 2 saturated heterocycles. The second-order valence-corrected chi connectivity index (χ2v) is 19.7. The number of ketones is 2. The Balaban J connectivity index is 1.04. The number of hydrogen-bond donors (Lipinski definition) is 2. The smallest absolute Gasteiger partial charge is 0.378 e. The number of amides is 2. The Morgan fingerprint density at radius 3 is 2.19 bits per heavy atom. The number of thioether (sulfide) groups is 1. The van der Waals surface area contributed by atoms with E-state index in [4.69, 9.17) is 53.8 Å². The molecule has 2 radical (unpaired) electrons. The summed E-state index contributed by atoms with van der Waals surface area (Å²) in [4.78, 5) is 78.3. The molecule has 0 unspecified atom stereocenters. The zero-order valence-corrected chi connectivity index (χ0v) is 41.3. The van der Waals surface area contributed by atoms with Crippen molar-refractivity contribution in [2.24, 2.45) is 11.1 Å². The quantitative estimate of drug-likeness (QED) is 0.0302. The van der Waals surface area contributed by atoms with Crippen LogP contribution in [0.3, 0.4) is 0 Å². The van der Waals surface area contributed by atoms with Gasteiger partial charge in [-0.2, -0.15) is 0 Å². The fourth-order valence-corrected chi connectivity index (χ4v) is 10.5. The summed E-state index contributed by atoms with van der Waals surface area (Å²) in [5.74, 6) is -1.07. The van der Waals surface area contributed by atoms with Crippen LogP contribution in [0.2, 0.25) is 5.02 Å². The van der Waals surface area contributed by atoms with Crippen LogP contribution in [0.1, 0.15) is 67.2 Å². The Hall–Kier alpha value is -6.09. The fourth-order valence-electron chi connectivity index (χ4n) is 8.24. The lowest BCUT2D eigenvalue weighted by Gasteiger charge is -2.50. The topological polar surface area (TPSA) is 207 Å². The Morgan fingerprint density at radius 2 is 1.61 bits per heavy atom. The third kappa shape index (κ3) is 11.7. The summed E-state index contributed by atoms with van der Waals surface area (Å²) in [5.41, 5.74) is 7.15. The van der Waals surface area contributed by atoms with Crippen LogP contribution in [0.25, 0.3) is 0 Å². The molecule has 1 aromatic heterocycles. The number of nitrogens with two attached hydrogens (primary N) is 1. The highest BCUT2D eigenvalue weighted by Gasteiger charge is 2.55. The Kier molecular flexibility index (Phi) is 16.3. The largest absolute Gasteiger partial charge is 0.539 e. The summed E-state index contributed by atoms with van der Waals surface area (Å²) in [7, 11) is 8.66. The van der Waals surface area contributed by atoms with E-state index in [1.807, 2.05) is 48.5 Å². The fraction of sp³-hybridized carbons (Fsp3) is 0.396. The number of nitrogens with zero attached hydrogens (tertiary/aromatic N) is 4. The van der Waals surface area contributed by atoms with Crippen LogP contribution < -0.4 is 30.0 Å². The van der Waals surface area contributed by atoms with E-state index in [1.165, 1.54) is 37.4 Å². The number of hydrogen-bond acceptors (Lipinski definition) is 16. The molecule has 2 atom stereocenters. The molecule has 0 bridgehead atoms. The summed E-state index contributed by atoms with van der Waals surface area (Å²) < 4.78 is 28.3. The van der Waals surface area contributed by atoms with Gasteiger partial charge in [-0.05, 0) is 68.3 Å². The van der Waals surface area contributed by atoms with Crippen LogP contribution in [-0.4, -0.2) is 121 Å². The van der Waals surface area contributed by atoms with E-state index in [1.54, 1.807) is 31.7 Å². The molecule has 362 valence electrons. The van der Waals surface area contributed by atoms with Gasteiger partial charge in [-0.1, -0.05) is 41.0 Å². The van der Waals surface area contributed by atoms with E-state index in [0.29, 0.717) is 46.1 Å². The van der Waals surface area contributed by atoms with Crippen molar-refractivity contribution in [3.05, 3.63) is 105 Å². The van der Waals surface area contributed by atoms with Crippen LogP contribution in [0.15, 0.2) is 82.5 Å². The lowest BCUT2D eigenvalue weighted by atomic mass is 9.89. The first-order chi connectivity index (χ1) is 33.1. The van der Waals surface area contributed by atoms with Gasteiger partial charge < -0.3 is 44.0 Å². The molecule has 3 aliphatic heterocycles. The molecule has 4 aromatic rings. The van der Waals surface area contributed by atoms with Gasteiger partial charge in [0.05, 0.1) is 62.3 Å². The average Bonchev–Trinajstić information content (AvgIpc) is 4.00. The van der Waals surface area contributed by atoms with Crippen LogP contribution in [-0.2, 0) is 41.9 Å². The maximum atomic E-state index is 13.9. The molecule has 4 heterocycles. The predicted octanol–water partition coefficient (Wildman–Crippen LogP) is 6.05. The zero-order chi connectivity index (χ0) is 49.5. The number of nitrogens with one attached hydrogen (secondary N) is 1. The number of oxime groups is 1. The molecule has 3 aromatic carbocycles. The highest BCUT2D eigenvalue weighted by molar-refractivity contribution is 8.00. The number of β-lactam (4-membered cyclic amide) rings is 1. The molecule has 21 heteroatoms. The second-order valence-electron chi connectivity index (χ2n) is 17.3. The number of halogens is 1. The van der Waals surface area contributed by atoms with E-state index in [-0.39, 0.29) is 70.5 Å². The number of carbonyl (C=O) groups is 5. The minimum Gasteiger partial charge on any atom is -0.539 e.